The van der Waals surface area contributed by atoms with Crippen LogP contribution in [0.25, 0.3) is 0 Å². The minimum atomic E-state index is -1.15. The Bertz CT molecular complexity index is 355. The first-order valence-electron chi connectivity index (χ1n) is 6.23. The Balaban J connectivity index is 4.43. The van der Waals surface area contributed by atoms with Crippen LogP contribution in [0.3, 0.4) is 0 Å². The molecule has 0 heterocycles. The molecule has 0 aromatic rings. The van der Waals surface area contributed by atoms with E-state index in [2.05, 4.69) is 15.6 Å². The lowest BCUT2D eigenvalue weighted by atomic mass is 10.1. The number of nitrogens with one attached hydrogen (secondary N) is 2. The van der Waals surface area contributed by atoms with Gasteiger partial charge in [0.05, 0.1) is 6.10 Å². The van der Waals surface area contributed by atoms with Crippen LogP contribution < -0.4 is 22.1 Å². The summed E-state index contributed by atoms with van der Waals surface area (Å²) in [6.07, 6.45) is -0.335. The van der Waals surface area contributed by atoms with Crippen molar-refractivity contribution in [1.29, 1.82) is 0 Å². The van der Waals surface area contributed by atoms with Crippen LogP contribution in [-0.4, -0.2) is 59.8 Å². The molecule has 0 aliphatic rings. The van der Waals surface area contributed by atoms with Crippen LogP contribution in [-0.2, 0) is 9.59 Å². The molecule has 0 rings (SSSR count). The van der Waals surface area contributed by atoms with Gasteiger partial charge in [-0.1, -0.05) is 0 Å². The van der Waals surface area contributed by atoms with Crippen molar-refractivity contribution in [1.82, 2.24) is 10.6 Å². The van der Waals surface area contributed by atoms with E-state index in [1.807, 2.05) is 0 Å². The highest BCUT2D eigenvalue weighted by molar-refractivity contribution is 5.87. The van der Waals surface area contributed by atoms with Gasteiger partial charge in [-0.3, -0.25) is 9.79 Å². The normalized spacial score (nSPS) is 14.9. The minimum Gasteiger partial charge on any atom is -0.480 e. The number of aliphatic imine (C=N–C) groups is 1. The number of likely N-dealkylation sites (N-methyl/N-ethyl adjacent to an activating group) is 1. The van der Waals surface area contributed by atoms with Crippen molar-refractivity contribution < 1.29 is 19.8 Å². The maximum Gasteiger partial charge on any atom is 0.326 e. The number of nitrogens with zero attached hydrogens (tertiary/aromatic N) is 1. The first kappa shape index (κ1) is 18.1. The predicted octanol–water partition coefficient (Wildman–Crippen LogP) is -2.42. The highest BCUT2D eigenvalue weighted by Gasteiger charge is 2.26. The number of guanidine groups is 1. The van der Waals surface area contributed by atoms with E-state index in [1.54, 1.807) is 0 Å². The molecule has 0 aromatic heterocycles. The summed E-state index contributed by atoms with van der Waals surface area (Å²) in [5.41, 5.74) is 10.3. The molecular formula is C11H23N5O4. The van der Waals surface area contributed by atoms with Crippen molar-refractivity contribution >= 4 is 17.8 Å². The van der Waals surface area contributed by atoms with E-state index in [9.17, 15) is 14.7 Å². The molecule has 0 saturated carbocycles. The molecule has 0 spiro atoms. The predicted molar refractivity (Wildman–Crippen MR) is 74.0 cm³/mol. The molecule has 116 valence electrons. The average Bonchev–Trinajstić information content (AvgIpc) is 2.32. The van der Waals surface area contributed by atoms with Crippen LogP contribution in [0.5, 0.6) is 0 Å². The van der Waals surface area contributed by atoms with Crippen molar-refractivity contribution in [3.05, 3.63) is 0 Å². The minimum absolute atomic E-state index is 0.0646. The molecule has 9 nitrogen and oxygen atoms in total. The first-order valence-corrected chi connectivity index (χ1v) is 6.23. The molecule has 0 aromatic carbocycles. The van der Waals surface area contributed by atoms with Crippen molar-refractivity contribution in [2.75, 3.05) is 13.6 Å². The summed E-state index contributed by atoms with van der Waals surface area (Å²) in [5, 5.41) is 23.4. The summed E-state index contributed by atoms with van der Waals surface area (Å²) in [4.78, 5) is 26.6. The van der Waals surface area contributed by atoms with E-state index in [0.717, 1.165) is 0 Å². The summed E-state index contributed by atoms with van der Waals surface area (Å²) in [6.45, 7) is 1.73. The zero-order valence-electron chi connectivity index (χ0n) is 11.7. The number of amides is 1. The molecule has 0 saturated heterocycles. The van der Waals surface area contributed by atoms with E-state index in [-0.39, 0.29) is 18.9 Å². The van der Waals surface area contributed by atoms with Crippen LogP contribution in [0, 0.1) is 0 Å². The fourth-order valence-corrected chi connectivity index (χ4v) is 1.61. The van der Waals surface area contributed by atoms with Crippen molar-refractivity contribution in [2.45, 2.75) is 38.0 Å². The quantitative estimate of drug-likeness (QED) is 0.156. The average molecular weight is 289 g/mol. The van der Waals surface area contributed by atoms with Crippen LogP contribution in [0.2, 0.25) is 0 Å². The number of rotatable bonds is 9. The summed E-state index contributed by atoms with van der Waals surface area (Å²) in [6, 6.07) is -1.92. The number of carbonyl (C=O) groups is 2. The van der Waals surface area contributed by atoms with Crippen molar-refractivity contribution in [3.8, 4) is 0 Å². The highest BCUT2D eigenvalue weighted by atomic mass is 16.4. The van der Waals surface area contributed by atoms with Crippen LogP contribution in [0.15, 0.2) is 4.99 Å². The van der Waals surface area contributed by atoms with Crippen LogP contribution in [0.4, 0.5) is 0 Å². The lowest BCUT2D eigenvalue weighted by Gasteiger charge is -2.21. The largest absolute Gasteiger partial charge is 0.480 e. The summed E-state index contributed by atoms with van der Waals surface area (Å²) in [7, 11) is 1.51. The van der Waals surface area contributed by atoms with Crippen molar-refractivity contribution in [3.63, 3.8) is 0 Å². The van der Waals surface area contributed by atoms with E-state index >= 15 is 0 Å². The van der Waals surface area contributed by atoms with Gasteiger partial charge in [-0.25, -0.2) is 4.79 Å². The Kier molecular flexibility index (Phi) is 8.25. The molecule has 0 fully saturated rings. The van der Waals surface area contributed by atoms with Gasteiger partial charge in [0, 0.05) is 6.54 Å². The fraction of sp³-hybridized carbons (Fsp3) is 0.727. The maximum absolute atomic E-state index is 11.8. The summed E-state index contributed by atoms with van der Waals surface area (Å²) >= 11 is 0. The molecule has 20 heavy (non-hydrogen) atoms. The second-order valence-electron chi connectivity index (χ2n) is 4.36. The molecule has 0 radical (unpaired) electrons. The number of aliphatic hydroxyl groups is 1. The topological polar surface area (TPSA) is 163 Å². The summed E-state index contributed by atoms with van der Waals surface area (Å²) < 4.78 is 0. The smallest absolute Gasteiger partial charge is 0.326 e. The van der Waals surface area contributed by atoms with Gasteiger partial charge >= 0.3 is 5.97 Å². The third-order valence-electron chi connectivity index (χ3n) is 2.64. The standard InChI is InChI=1S/C11H23N5O4/c1-6(17)8(14-2)9(18)16-7(10(19)20)4-3-5-15-11(12)13/h6-8,14,17H,3-5H2,1-2H3,(H,16,18)(H,19,20)(H4,12,13,15). The lowest BCUT2D eigenvalue weighted by Crippen LogP contribution is -2.53. The highest BCUT2D eigenvalue weighted by Crippen LogP contribution is 2.01. The Morgan fingerprint density at radius 2 is 1.95 bits per heavy atom. The van der Waals surface area contributed by atoms with Gasteiger partial charge in [-0.15, -0.1) is 0 Å². The number of aliphatic carboxylic acids is 1. The van der Waals surface area contributed by atoms with Gasteiger partial charge < -0.3 is 32.3 Å². The molecule has 1 amide bonds. The van der Waals surface area contributed by atoms with Gasteiger partial charge in [-0.05, 0) is 26.8 Å². The first-order chi connectivity index (χ1) is 9.29. The number of carbonyl (C=O) groups excluding carboxylic acids is 1. The van der Waals surface area contributed by atoms with Gasteiger partial charge in [0.1, 0.15) is 12.1 Å². The molecule has 3 unspecified atom stereocenters. The molecular weight excluding hydrogens is 266 g/mol. The Morgan fingerprint density at radius 1 is 1.35 bits per heavy atom. The molecule has 3 atom stereocenters. The molecule has 0 bridgehead atoms. The number of carboxylic acid groups (broad SMARTS) is 1. The SMILES string of the molecule is CNC(C(=O)NC(CCCN=C(N)N)C(=O)O)C(C)O. The Hall–Kier alpha value is -1.87. The van der Waals surface area contributed by atoms with Gasteiger partial charge in [0.2, 0.25) is 5.91 Å². The van der Waals surface area contributed by atoms with Gasteiger partial charge in [-0.2, -0.15) is 0 Å². The van der Waals surface area contributed by atoms with E-state index in [4.69, 9.17) is 16.6 Å². The number of hydrogen-bond acceptors (Lipinski definition) is 5. The number of nitrogens with two attached hydrogens (primary N) is 2. The monoisotopic (exact) mass is 289 g/mol. The van der Waals surface area contributed by atoms with Crippen molar-refractivity contribution in [2.24, 2.45) is 16.5 Å². The third kappa shape index (κ3) is 6.90. The number of aliphatic hydroxyl groups excluding tert-OH is 1. The van der Waals surface area contributed by atoms with Crippen LogP contribution >= 0.6 is 0 Å². The number of carboxylic acids is 1. The maximum atomic E-state index is 11.8. The molecule has 8 N–H and O–H groups in total. The third-order valence-corrected chi connectivity index (χ3v) is 2.64. The lowest BCUT2D eigenvalue weighted by molar-refractivity contribution is -0.142. The van der Waals surface area contributed by atoms with E-state index in [1.165, 1.54) is 14.0 Å². The zero-order valence-corrected chi connectivity index (χ0v) is 11.7. The van der Waals surface area contributed by atoms with Gasteiger partial charge in [0.25, 0.3) is 0 Å². The van der Waals surface area contributed by atoms with E-state index in [0.29, 0.717) is 6.42 Å². The zero-order chi connectivity index (χ0) is 15.7. The molecule has 0 aliphatic carbocycles. The molecule has 9 heteroatoms. The second-order valence-corrected chi connectivity index (χ2v) is 4.36. The number of hydrogen-bond donors (Lipinski definition) is 6. The molecule has 0 aliphatic heterocycles. The summed E-state index contributed by atoms with van der Waals surface area (Å²) in [5.74, 6) is -1.79. The van der Waals surface area contributed by atoms with E-state index < -0.39 is 30.1 Å². The fourth-order valence-electron chi connectivity index (χ4n) is 1.61. The Labute approximate surface area is 117 Å². The van der Waals surface area contributed by atoms with Gasteiger partial charge in [0.15, 0.2) is 5.96 Å². The second kappa shape index (κ2) is 9.10. The Morgan fingerprint density at radius 3 is 2.35 bits per heavy atom. The van der Waals surface area contributed by atoms with Crippen LogP contribution in [0.1, 0.15) is 19.8 Å².